The van der Waals surface area contributed by atoms with E-state index in [1.54, 1.807) is 27.7 Å². The lowest BCUT2D eigenvalue weighted by Gasteiger charge is -2.49. The van der Waals surface area contributed by atoms with Crippen LogP contribution in [0.15, 0.2) is 0 Å². The van der Waals surface area contributed by atoms with E-state index in [2.05, 4.69) is 0 Å². The average molecular weight is 340 g/mol. The van der Waals surface area contributed by atoms with Crippen LogP contribution in [-0.2, 0) is 19.1 Å². The van der Waals surface area contributed by atoms with Crippen LogP contribution in [0.2, 0.25) is 0 Å². The molecule has 3 fully saturated rings. The van der Waals surface area contributed by atoms with E-state index in [1.807, 2.05) is 0 Å². The zero-order chi connectivity index (χ0) is 18.0. The molecule has 3 saturated heterocycles. The molecule has 0 aromatic rings. The summed E-state index contributed by atoms with van der Waals surface area (Å²) in [6, 6.07) is -1.67. The number of amides is 2. The van der Waals surface area contributed by atoms with Crippen LogP contribution in [-0.4, -0.2) is 67.9 Å². The van der Waals surface area contributed by atoms with Crippen molar-refractivity contribution in [1.82, 2.24) is 9.80 Å². The van der Waals surface area contributed by atoms with Gasteiger partial charge in [0, 0.05) is 12.5 Å². The van der Waals surface area contributed by atoms with Gasteiger partial charge in [0.25, 0.3) is 11.8 Å². The van der Waals surface area contributed by atoms with Gasteiger partial charge in [0.1, 0.15) is 12.1 Å². The Labute approximate surface area is 140 Å². The van der Waals surface area contributed by atoms with Crippen molar-refractivity contribution in [2.45, 2.75) is 64.1 Å². The Hall–Kier alpha value is -1.67. The predicted molar refractivity (Wildman–Crippen MR) is 81.4 cm³/mol. The van der Waals surface area contributed by atoms with E-state index in [-0.39, 0.29) is 11.8 Å². The number of hydrogen-bond donors (Lipinski definition) is 2. The molecule has 3 aliphatic heterocycles. The van der Waals surface area contributed by atoms with Gasteiger partial charge in [-0.3, -0.25) is 14.5 Å². The molecule has 0 aromatic carbocycles. The van der Waals surface area contributed by atoms with Gasteiger partial charge in [-0.2, -0.15) is 0 Å². The zero-order valence-electron chi connectivity index (χ0n) is 14.4. The third-order valence-electron chi connectivity index (χ3n) is 5.46. The molecule has 8 nitrogen and oxygen atoms in total. The van der Waals surface area contributed by atoms with Gasteiger partial charge >= 0.3 is 5.97 Å². The van der Waals surface area contributed by atoms with Crippen LogP contribution in [0.5, 0.6) is 0 Å². The standard InChI is InChI=1S/C16H24N2O6/c1-8(2)11-12(19)17-7-5-6-10(17)16(23)18(11)13(20)15(24-16,9(3)4)14(21)22/h8-11,23H,5-7H2,1-4H3,(H,21,22)/t10?,11-,15+,16-/m0/s1. The summed E-state index contributed by atoms with van der Waals surface area (Å²) >= 11 is 0. The van der Waals surface area contributed by atoms with Gasteiger partial charge in [-0.25, -0.2) is 4.79 Å². The molecule has 4 atom stereocenters. The molecule has 0 saturated carbocycles. The third kappa shape index (κ3) is 1.84. The highest BCUT2D eigenvalue weighted by atomic mass is 16.7. The summed E-state index contributed by atoms with van der Waals surface area (Å²) in [7, 11) is 0. The lowest BCUT2D eigenvalue weighted by Crippen LogP contribution is -2.72. The molecule has 0 aliphatic carbocycles. The first kappa shape index (κ1) is 17.2. The SMILES string of the molecule is CC(C)[C@H]1C(=O)N2CCCC2[C@]2(O)O[C@](C(=O)O)(C(C)C)C(=O)N12. The number of carbonyl (C=O) groups excluding carboxylic acids is 2. The molecule has 0 aromatic heterocycles. The van der Waals surface area contributed by atoms with E-state index in [1.165, 1.54) is 4.90 Å². The number of rotatable bonds is 3. The van der Waals surface area contributed by atoms with Crippen LogP contribution in [0.1, 0.15) is 40.5 Å². The van der Waals surface area contributed by atoms with E-state index in [9.17, 15) is 24.6 Å². The highest BCUT2D eigenvalue weighted by Crippen LogP contribution is 2.49. The molecule has 3 heterocycles. The van der Waals surface area contributed by atoms with Crippen molar-refractivity contribution in [2.75, 3.05) is 6.54 Å². The van der Waals surface area contributed by atoms with Crippen LogP contribution >= 0.6 is 0 Å². The molecule has 24 heavy (non-hydrogen) atoms. The highest BCUT2D eigenvalue weighted by molar-refractivity contribution is 6.09. The summed E-state index contributed by atoms with van der Waals surface area (Å²) in [5.41, 5.74) is -2.18. The first-order valence-electron chi connectivity index (χ1n) is 8.39. The van der Waals surface area contributed by atoms with Crippen LogP contribution in [0, 0.1) is 11.8 Å². The summed E-state index contributed by atoms with van der Waals surface area (Å²) in [6.45, 7) is 7.13. The molecule has 2 amide bonds. The zero-order valence-corrected chi connectivity index (χ0v) is 14.4. The number of fused-ring (bicyclic) bond motifs is 3. The number of piperazine rings is 1. The van der Waals surface area contributed by atoms with E-state index in [0.29, 0.717) is 19.4 Å². The Morgan fingerprint density at radius 3 is 2.42 bits per heavy atom. The van der Waals surface area contributed by atoms with Crippen molar-refractivity contribution in [2.24, 2.45) is 11.8 Å². The van der Waals surface area contributed by atoms with Gasteiger partial charge in [-0.05, 0) is 18.8 Å². The Kier molecular flexibility index (Phi) is 3.69. The molecule has 1 unspecified atom stereocenters. The van der Waals surface area contributed by atoms with Crippen molar-refractivity contribution in [1.29, 1.82) is 0 Å². The number of carbonyl (C=O) groups is 3. The maximum absolute atomic E-state index is 13.1. The first-order valence-corrected chi connectivity index (χ1v) is 8.39. The Morgan fingerprint density at radius 2 is 1.92 bits per heavy atom. The van der Waals surface area contributed by atoms with Crippen LogP contribution in [0.25, 0.3) is 0 Å². The quantitative estimate of drug-likeness (QED) is 0.700. The molecule has 134 valence electrons. The number of aliphatic hydroxyl groups is 1. The van der Waals surface area contributed by atoms with Gasteiger partial charge in [0.05, 0.1) is 0 Å². The number of nitrogens with zero attached hydrogens (tertiary/aromatic N) is 2. The number of ether oxygens (including phenoxy) is 1. The number of hydrogen-bond acceptors (Lipinski definition) is 5. The second-order valence-corrected chi connectivity index (χ2v) is 7.51. The minimum atomic E-state index is -2.18. The first-order chi connectivity index (χ1) is 11.1. The van der Waals surface area contributed by atoms with E-state index in [0.717, 1.165) is 4.90 Å². The monoisotopic (exact) mass is 340 g/mol. The Balaban J connectivity index is 2.19. The molecule has 2 N–H and O–H groups in total. The second kappa shape index (κ2) is 5.16. The smallest absolute Gasteiger partial charge is 0.346 e. The van der Waals surface area contributed by atoms with Crippen molar-refractivity contribution in [3.05, 3.63) is 0 Å². The maximum atomic E-state index is 13.1. The lowest BCUT2D eigenvalue weighted by atomic mass is 9.88. The van der Waals surface area contributed by atoms with Gasteiger partial charge in [-0.1, -0.05) is 27.7 Å². The summed E-state index contributed by atoms with van der Waals surface area (Å²) in [5.74, 6) is -5.61. The third-order valence-corrected chi connectivity index (χ3v) is 5.46. The number of aliphatic carboxylic acids is 1. The topological polar surface area (TPSA) is 107 Å². The van der Waals surface area contributed by atoms with Crippen molar-refractivity contribution in [3.63, 3.8) is 0 Å². The fourth-order valence-corrected chi connectivity index (χ4v) is 4.24. The van der Waals surface area contributed by atoms with Gasteiger partial charge in [0.15, 0.2) is 0 Å². The fraction of sp³-hybridized carbons (Fsp3) is 0.812. The molecule has 8 heteroatoms. The summed E-state index contributed by atoms with van der Waals surface area (Å²) in [5, 5.41) is 21.0. The van der Waals surface area contributed by atoms with Crippen LogP contribution in [0.3, 0.4) is 0 Å². The minimum absolute atomic E-state index is 0.251. The average Bonchev–Trinajstić information content (AvgIpc) is 3.04. The Morgan fingerprint density at radius 1 is 1.29 bits per heavy atom. The van der Waals surface area contributed by atoms with E-state index >= 15 is 0 Å². The van der Waals surface area contributed by atoms with Crippen LogP contribution < -0.4 is 0 Å². The molecular formula is C16H24N2O6. The van der Waals surface area contributed by atoms with Crippen molar-refractivity contribution < 1.29 is 29.3 Å². The number of carboxylic acid groups (broad SMARTS) is 1. The van der Waals surface area contributed by atoms with Gasteiger partial charge < -0.3 is 19.8 Å². The van der Waals surface area contributed by atoms with Crippen LogP contribution in [0.4, 0.5) is 0 Å². The molecule has 0 spiro atoms. The maximum Gasteiger partial charge on any atom is 0.346 e. The minimum Gasteiger partial charge on any atom is -0.479 e. The molecule has 0 radical (unpaired) electrons. The fourth-order valence-electron chi connectivity index (χ4n) is 4.24. The summed E-state index contributed by atoms with van der Waals surface area (Å²) < 4.78 is 5.66. The van der Waals surface area contributed by atoms with Gasteiger partial charge in [0.2, 0.25) is 11.5 Å². The normalized spacial score (nSPS) is 39.0. The molecular weight excluding hydrogens is 316 g/mol. The van der Waals surface area contributed by atoms with Crippen molar-refractivity contribution in [3.8, 4) is 0 Å². The molecule has 0 bridgehead atoms. The largest absolute Gasteiger partial charge is 0.479 e. The van der Waals surface area contributed by atoms with E-state index in [4.69, 9.17) is 4.74 Å². The summed E-state index contributed by atoms with van der Waals surface area (Å²) in [6.07, 6.45) is 1.14. The Bertz CT molecular complexity index is 605. The highest BCUT2D eigenvalue weighted by Gasteiger charge is 2.74. The number of carboxylic acids is 1. The molecule has 3 aliphatic rings. The molecule has 3 rings (SSSR count). The van der Waals surface area contributed by atoms with Gasteiger partial charge in [-0.15, -0.1) is 0 Å². The predicted octanol–water partition coefficient (Wildman–Crippen LogP) is -0.0001000. The lowest BCUT2D eigenvalue weighted by molar-refractivity contribution is -0.318. The summed E-state index contributed by atoms with van der Waals surface area (Å²) in [4.78, 5) is 40.4. The van der Waals surface area contributed by atoms with E-state index < -0.39 is 41.4 Å². The second-order valence-electron chi connectivity index (χ2n) is 7.51. The van der Waals surface area contributed by atoms with Crippen molar-refractivity contribution >= 4 is 17.8 Å².